The molecule has 0 amide bonds. The maximum atomic E-state index is 11.1. The van der Waals surface area contributed by atoms with Gasteiger partial charge in [-0.3, -0.25) is 4.79 Å². The molecule has 1 aromatic carbocycles. The van der Waals surface area contributed by atoms with E-state index in [2.05, 4.69) is 11.7 Å². The van der Waals surface area contributed by atoms with E-state index in [0.717, 1.165) is 36.8 Å². The van der Waals surface area contributed by atoms with E-state index in [1.54, 1.807) is 18.2 Å². The van der Waals surface area contributed by atoms with Crippen LogP contribution in [-0.4, -0.2) is 46.7 Å². The van der Waals surface area contributed by atoms with Gasteiger partial charge in [0.25, 0.3) is 0 Å². The lowest BCUT2D eigenvalue weighted by atomic mass is 10.0. The highest BCUT2D eigenvalue weighted by Crippen LogP contribution is 2.13. The van der Waals surface area contributed by atoms with Crippen molar-refractivity contribution >= 4 is 18.1 Å². The summed E-state index contributed by atoms with van der Waals surface area (Å²) in [5.41, 5.74) is 1.85. The smallest absolute Gasteiger partial charge is 0.305 e. The van der Waals surface area contributed by atoms with Crippen LogP contribution in [0.1, 0.15) is 63.0 Å². The Bertz CT molecular complexity index is 623. The van der Waals surface area contributed by atoms with Gasteiger partial charge in [-0.2, -0.15) is 0 Å². The average molecular weight is 391 g/mol. The molecule has 5 nitrogen and oxygen atoms in total. The first-order valence-corrected chi connectivity index (χ1v) is 10.0. The molecule has 3 N–H and O–H groups in total. The van der Waals surface area contributed by atoms with Gasteiger partial charge in [-0.05, 0) is 36.5 Å². The Morgan fingerprint density at radius 1 is 1.04 bits per heavy atom. The van der Waals surface area contributed by atoms with E-state index in [0.29, 0.717) is 12.8 Å². The Kier molecular flexibility index (Phi) is 12.1. The third kappa shape index (κ3) is 10.4. The summed E-state index contributed by atoms with van der Waals surface area (Å²) < 4.78 is 4.55. The van der Waals surface area contributed by atoms with E-state index < -0.39 is 18.3 Å². The van der Waals surface area contributed by atoms with Crippen LogP contribution in [0.4, 0.5) is 0 Å². The first-order valence-electron chi connectivity index (χ1n) is 10.0. The van der Waals surface area contributed by atoms with E-state index >= 15 is 0 Å². The van der Waals surface area contributed by atoms with Gasteiger partial charge in [0.1, 0.15) is 0 Å². The molecule has 0 aliphatic carbocycles. The quantitative estimate of drug-likeness (QED) is 0.353. The maximum Gasteiger partial charge on any atom is 0.305 e. The molecule has 0 heterocycles. The van der Waals surface area contributed by atoms with E-state index in [9.17, 15) is 20.1 Å². The van der Waals surface area contributed by atoms with E-state index in [1.807, 2.05) is 30.3 Å². The SMILES string of the molecule is CCCCCC(O)/C=C/c1cccc(/C=C/[C@@H](O)[C@@H](O)CCCC(=O)OC)c1. The minimum absolute atomic E-state index is 0.225. The number of aliphatic hydroxyl groups excluding tert-OH is 3. The second kappa shape index (κ2) is 14.1. The number of rotatable bonds is 13. The van der Waals surface area contributed by atoms with Gasteiger partial charge < -0.3 is 20.1 Å². The van der Waals surface area contributed by atoms with Crippen LogP contribution < -0.4 is 0 Å². The standard InChI is InChI=1S/C23H34O5/c1-3-4-5-10-20(24)15-13-18-8-6-9-19(17-18)14-16-22(26)21(25)11-7-12-23(27)28-2/h6,8-9,13-17,20-22,24-26H,3-5,7,10-12H2,1-2H3/b15-13+,16-14+/t20?,21-,22+/m0/s1. The molecule has 5 heteroatoms. The first kappa shape index (κ1) is 24.1. The Balaban J connectivity index is 2.52. The van der Waals surface area contributed by atoms with Crippen molar-refractivity contribution in [3.05, 3.63) is 47.5 Å². The fraction of sp³-hybridized carbons (Fsp3) is 0.522. The summed E-state index contributed by atoms with van der Waals surface area (Å²) >= 11 is 0. The van der Waals surface area contributed by atoms with Crippen molar-refractivity contribution in [2.24, 2.45) is 0 Å². The lowest BCUT2D eigenvalue weighted by molar-refractivity contribution is -0.140. The molecular weight excluding hydrogens is 356 g/mol. The molecule has 0 aliphatic heterocycles. The van der Waals surface area contributed by atoms with Gasteiger partial charge in [-0.1, -0.05) is 68.7 Å². The van der Waals surface area contributed by atoms with Crippen LogP contribution in [-0.2, 0) is 9.53 Å². The number of methoxy groups -OCH3 is 1. The lowest BCUT2D eigenvalue weighted by Crippen LogP contribution is -2.23. The van der Waals surface area contributed by atoms with Gasteiger partial charge >= 0.3 is 5.97 Å². The number of hydrogen-bond acceptors (Lipinski definition) is 5. The Morgan fingerprint density at radius 2 is 1.71 bits per heavy atom. The second-order valence-corrected chi connectivity index (χ2v) is 6.98. The molecule has 0 saturated heterocycles. The number of ether oxygens (including phenoxy) is 1. The van der Waals surface area contributed by atoms with Gasteiger partial charge in [-0.15, -0.1) is 0 Å². The summed E-state index contributed by atoms with van der Waals surface area (Å²) in [5, 5.41) is 30.0. The molecule has 156 valence electrons. The van der Waals surface area contributed by atoms with E-state index in [4.69, 9.17) is 0 Å². The van der Waals surface area contributed by atoms with Crippen LogP contribution >= 0.6 is 0 Å². The number of esters is 1. The highest BCUT2D eigenvalue weighted by Gasteiger charge is 2.13. The van der Waals surface area contributed by atoms with Crippen molar-refractivity contribution in [2.45, 2.75) is 70.2 Å². The molecule has 3 atom stereocenters. The van der Waals surface area contributed by atoms with Crippen molar-refractivity contribution in [1.29, 1.82) is 0 Å². The second-order valence-electron chi connectivity index (χ2n) is 6.98. The third-order valence-electron chi connectivity index (χ3n) is 4.51. The van der Waals surface area contributed by atoms with Crippen molar-refractivity contribution < 1.29 is 24.9 Å². The average Bonchev–Trinajstić information content (AvgIpc) is 2.70. The fourth-order valence-corrected chi connectivity index (χ4v) is 2.75. The van der Waals surface area contributed by atoms with Crippen molar-refractivity contribution in [1.82, 2.24) is 0 Å². The number of aliphatic hydroxyl groups is 3. The molecule has 0 aliphatic rings. The zero-order valence-corrected chi connectivity index (χ0v) is 17.0. The zero-order chi connectivity index (χ0) is 20.8. The number of hydrogen-bond donors (Lipinski definition) is 3. The predicted molar refractivity (Wildman–Crippen MR) is 113 cm³/mol. The van der Waals surface area contributed by atoms with Crippen LogP contribution in [0.3, 0.4) is 0 Å². The van der Waals surface area contributed by atoms with Crippen LogP contribution in [0, 0.1) is 0 Å². The largest absolute Gasteiger partial charge is 0.469 e. The number of benzene rings is 1. The van der Waals surface area contributed by atoms with Crippen molar-refractivity contribution in [3.63, 3.8) is 0 Å². The lowest BCUT2D eigenvalue weighted by Gasteiger charge is -2.14. The van der Waals surface area contributed by atoms with E-state index in [-0.39, 0.29) is 12.4 Å². The number of unbranched alkanes of at least 4 members (excludes halogenated alkanes) is 2. The number of carbonyl (C=O) groups is 1. The summed E-state index contributed by atoms with van der Waals surface area (Å²) in [6, 6.07) is 7.71. The summed E-state index contributed by atoms with van der Waals surface area (Å²) in [5.74, 6) is -0.322. The maximum absolute atomic E-state index is 11.1. The van der Waals surface area contributed by atoms with Crippen LogP contribution in [0.2, 0.25) is 0 Å². The fourth-order valence-electron chi connectivity index (χ4n) is 2.75. The molecule has 0 saturated carbocycles. The van der Waals surface area contributed by atoms with Crippen LogP contribution in [0.15, 0.2) is 36.4 Å². The predicted octanol–water partition coefficient (Wildman–Crippen LogP) is 3.72. The van der Waals surface area contributed by atoms with Crippen LogP contribution in [0.5, 0.6) is 0 Å². The first-order chi connectivity index (χ1) is 13.5. The van der Waals surface area contributed by atoms with Gasteiger partial charge in [0.2, 0.25) is 0 Å². The summed E-state index contributed by atoms with van der Waals surface area (Å²) in [6.45, 7) is 2.14. The van der Waals surface area contributed by atoms with Crippen molar-refractivity contribution in [3.8, 4) is 0 Å². The molecule has 1 aromatic rings. The molecule has 0 radical (unpaired) electrons. The minimum atomic E-state index is -1.00. The molecule has 0 spiro atoms. The molecular formula is C23H34O5. The van der Waals surface area contributed by atoms with Gasteiger partial charge in [0.05, 0.1) is 25.4 Å². The zero-order valence-electron chi connectivity index (χ0n) is 17.0. The third-order valence-corrected chi connectivity index (χ3v) is 4.51. The Labute approximate surface area is 168 Å². The number of carbonyl (C=O) groups excluding carboxylic acids is 1. The minimum Gasteiger partial charge on any atom is -0.469 e. The van der Waals surface area contributed by atoms with Crippen molar-refractivity contribution in [2.75, 3.05) is 7.11 Å². The van der Waals surface area contributed by atoms with E-state index in [1.165, 1.54) is 7.11 Å². The van der Waals surface area contributed by atoms with Gasteiger partial charge in [0, 0.05) is 6.42 Å². The Morgan fingerprint density at radius 3 is 2.36 bits per heavy atom. The molecule has 28 heavy (non-hydrogen) atoms. The molecule has 1 unspecified atom stereocenters. The molecule has 0 fully saturated rings. The molecule has 0 bridgehead atoms. The summed E-state index contributed by atoms with van der Waals surface area (Å²) in [6.07, 6.45) is 9.68. The Hall–Kier alpha value is -1.95. The molecule has 1 rings (SSSR count). The molecule has 0 aromatic heterocycles. The topological polar surface area (TPSA) is 87.0 Å². The van der Waals surface area contributed by atoms with Gasteiger partial charge in [-0.25, -0.2) is 0 Å². The highest BCUT2D eigenvalue weighted by molar-refractivity contribution is 5.69. The van der Waals surface area contributed by atoms with Gasteiger partial charge in [0.15, 0.2) is 0 Å². The summed E-state index contributed by atoms with van der Waals surface area (Å²) in [4.78, 5) is 11.1. The monoisotopic (exact) mass is 390 g/mol. The highest BCUT2D eigenvalue weighted by atomic mass is 16.5. The van der Waals surface area contributed by atoms with Crippen LogP contribution in [0.25, 0.3) is 12.2 Å². The normalized spacial score (nSPS) is 15.0. The summed E-state index contributed by atoms with van der Waals surface area (Å²) in [7, 11) is 1.33.